The molecule has 0 atom stereocenters. The number of carbonyl (C=O) groups is 1. The predicted octanol–water partition coefficient (Wildman–Crippen LogP) is 4.40. The lowest BCUT2D eigenvalue weighted by Gasteiger charge is -2.10. The maximum absolute atomic E-state index is 12.9. The highest BCUT2D eigenvalue weighted by Crippen LogP contribution is 2.23. The molecule has 0 unspecified atom stereocenters. The van der Waals surface area contributed by atoms with Crippen molar-refractivity contribution in [2.24, 2.45) is 0 Å². The Hall–Kier alpha value is -4.26. The molecular weight excluding hydrogens is 392 g/mol. The van der Waals surface area contributed by atoms with Gasteiger partial charge in [0, 0.05) is 16.8 Å². The molecule has 5 rings (SSSR count). The minimum absolute atomic E-state index is 0.0771. The second-order valence-corrected chi connectivity index (χ2v) is 7.34. The topological polar surface area (TPSA) is 90.0 Å². The number of benzene rings is 2. The number of amides is 1. The van der Waals surface area contributed by atoms with Crippen LogP contribution in [0.1, 0.15) is 21.6 Å². The Balaban J connectivity index is 1.55. The minimum atomic E-state index is -0.696. The molecule has 0 aliphatic heterocycles. The van der Waals surface area contributed by atoms with Crippen molar-refractivity contribution in [3.8, 4) is 5.82 Å². The van der Waals surface area contributed by atoms with E-state index in [9.17, 15) is 9.59 Å². The van der Waals surface area contributed by atoms with E-state index in [-0.39, 0.29) is 5.56 Å². The Morgan fingerprint density at radius 3 is 2.65 bits per heavy atom. The minimum Gasteiger partial charge on any atom is -0.422 e. The monoisotopic (exact) mass is 410 g/mol. The molecule has 0 spiro atoms. The molecule has 3 aromatic heterocycles. The molecule has 31 heavy (non-hydrogen) atoms. The third-order valence-corrected chi connectivity index (χ3v) is 5.09. The fraction of sp³-hybridized carbons (Fsp3) is 0.0833. The SMILES string of the molecule is Cc1cc(NC(=O)c2cc3ccccc3oc2=O)n(-c2cc(C)c3ccccc3n2)n1. The number of aryl methyl sites for hydroxylation is 2. The molecule has 5 aromatic rings. The molecule has 0 saturated carbocycles. The lowest BCUT2D eigenvalue weighted by Crippen LogP contribution is -2.22. The number of rotatable bonds is 3. The maximum atomic E-state index is 12.9. The van der Waals surface area contributed by atoms with Gasteiger partial charge in [-0.25, -0.2) is 9.78 Å². The van der Waals surface area contributed by atoms with Crippen LogP contribution in [0.15, 0.2) is 75.9 Å². The average Bonchev–Trinajstić information content (AvgIpc) is 3.13. The van der Waals surface area contributed by atoms with Gasteiger partial charge < -0.3 is 9.73 Å². The van der Waals surface area contributed by atoms with Crippen molar-refractivity contribution in [3.63, 3.8) is 0 Å². The summed E-state index contributed by atoms with van der Waals surface area (Å²) in [6, 6.07) is 20.1. The number of nitrogens with zero attached hydrogens (tertiary/aromatic N) is 3. The van der Waals surface area contributed by atoms with E-state index >= 15 is 0 Å². The molecule has 0 fully saturated rings. The number of nitrogens with one attached hydrogen (secondary N) is 1. The van der Waals surface area contributed by atoms with Crippen LogP contribution < -0.4 is 10.9 Å². The fourth-order valence-electron chi connectivity index (χ4n) is 3.61. The highest BCUT2D eigenvalue weighted by atomic mass is 16.4. The third-order valence-electron chi connectivity index (χ3n) is 5.09. The Labute approximate surface area is 177 Å². The van der Waals surface area contributed by atoms with Crippen molar-refractivity contribution in [3.05, 3.63) is 94.0 Å². The number of pyridine rings is 1. The predicted molar refractivity (Wildman–Crippen MR) is 119 cm³/mol. The molecule has 152 valence electrons. The first-order valence-corrected chi connectivity index (χ1v) is 9.77. The first-order valence-electron chi connectivity index (χ1n) is 9.77. The summed E-state index contributed by atoms with van der Waals surface area (Å²) in [5.41, 5.74) is 2.24. The first-order chi connectivity index (χ1) is 15.0. The van der Waals surface area contributed by atoms with Crippen molar-refractivity contribution >= 4 is 33.6 Å². The number of fused-ring (bicyclic) bond motifs is 2. The second-order valence-electron chi connectivity index (χ2n) is 7.34. The van der Waals surface area contributed by atoms with Gasteiger partial charge in [0.15, 0.2) is 5.82 Å². The van der Waals surface area contributed by atoms with Gasteiger partial charge in [-0.2, -0.15) is 9.78 Å². The van der Waals surface area contributed by atoms with E-state index in [0.29, 0.717) is 28.3 Å². The Morgan fingerprint density at radius 1 is 1.00 bits per heavy atom. The molecule has 7 heteroatoms. The van der Waals surface area contributed by atoms with Crippen molar-refractivity contribution in [1.82, 2.24) is 14.8 Å². The van der Waals surface area contributed by atoms with Crippen LogP contribution in [-0.4, -0.2) is 20.7 Å². The van der Waals surface area contributed by atoms with Gasteiger partial charge in [0.1, 0.15) is 17.0 Å². The lowest BCUT2D eigenvalue weighted by atomic mass is 10.1. The molecule has 0 radical (unpaired) electrons. The summed E-state index contributed by atoms with van der Waals surface area (Å²) in [6.45, 7) is 3.83. The van der Waals surface area contributed by atoms with Crippen molar-refractivity contribution in [2.75, 3.05) is 5.32 Å². The average molecular weight is 410 g/mol. The summed E-state index contributed by atoms with van der Waals surface area (Å²) in [4.78, 5) is 30.0. The van der Waals surface area contributed by atoms with Crippen LogP contribution in [0, 0.1) is 13.8 Å². The molecule has 0 saturated heterocycles. The van der Waals surface area contributed by atoms with Gasteiger partial charge >= 0.3 is 5.63 Å². The number of hydrogen-bond donors (Lipinski definition) is 1. The van der Waals surface area contributed by atoms with Gasteiger partial charge in [-0.3, -0.25) is 4.79 Å². The summed E-state index contributed by atoms with van der Waals surface area (Å²) in [7, 11) is 0. The molecule has 2 aromatic carbocycles. The molecule has 0 aliphatic rings. The Morgan fingerprint density at radius 2 is 1.77 bits per heavy atom. The quantitative estimate of drug-likeness (QED) is 0.445. The number of carbonyl (C=O) groups excluding carboxylic acids is 1. The molecule has 0 aliphatic carbocycles. The van der Waals surface area contributed by atoms with Gasteiger partial charge in [-0.05, 0) is 43.7 Å². The third kappa shape index (κ3) is 3.36. The molecule has 3 heterocycles. The van der Waals surface area contributed by atoms with Gasteiger partial charge in [-0.15, -0.1) is 0 Å². The molecule has 0 bridgehead atoms. The highest BCUT2D eigenvalue weighted by Gasteiger charge is 2.18. The van der Waals surface area contributed by atoms with E-state index < -0.39 is 11.5 Å². The van der Waals surface area contributed by atoms with E-state index in [0.717, 1.165) is 16.5 Å². The van der Waals surface area contributed by atoms with Gasteiger partial charge in [0.2, 0.25) is 0 Å². The number of para-hydroxylation sites is 2. The molecule has 7 nitrogen and oxygen atoms in total. The van der Waals surface area contributed by atoms with E-state index in [1.54, 1.807) is 28.9 Å². The van der Waals surface area contributed by atoms with Gasteiger partial charge in [0.25, 0.3) is 5.91 Å². The summed E-state index contributed by atoms with van der Waals surface area (Å²) >= 11 is 0. The second kappa shape index (κ2) is 7.21. The fourth-order valence-corrected chi connectivity index (χ4v) is 3.61. The number of hydrogen-bond acceptors (Lipinski definition) is 5. The zero-order chi connectivity index (χ0) is 21.5. The van der Waals surface area contributed by atoms with E-state index in [1.807, 2.05) is 50.2 Å². The molecule has 1 amide bonds. The van der Waals surface area contributed by atoms with E-state index in [4.69, 9.17) is 4.42 Å². The first kappa shape index (κ1) is 18.7. The van der Waals surface area contributed by atoms with Gasteiger partial charge in [0.05, 0.1) is 11.2 Å². The number of anilines is 1. The Bertz CT molecular complexity index is 1530. The van der Waals surface area contributed by atoms with Crippen LogP contribution in [-0.2, 0) is 0 Å². The summed E-state index contributed by atoms with van der Waals surface area (Å²) in [6.07, 6.45) is 0. The van der Waals surface area contributed by atoms with Crippen LogP contribution in [0.3, 0.4) is 0 Å². The number of aromatic nitrogens is 3. The van der Waals surface area contributed by atoms with Crippen molar-refractivity contribution < 1.29 is 9.21 Å². The largest absolute Gasteiger partial charge is 0.422 e. The van der Waals surface area contributed by atoms with Crippen LogP contribution >= 0.6 is 0 Å². The molecule has 1 N–H and O–H groups in total. The smallest absolute Gasteiger partial charge is 0.349 e. The highest BCUT2D eigenvalue weighted by molar-refractivity contribution is 6.05. The Kier molecular flexibility index (Phi) is 4.36. The van der Waals surface area contributed by atoms with Crippen LogP contribution in [0.5, 0.6) is 0 Å². The van der Waals surface area contributed by atoms with E-state index in [2.05, 4.69) is 15.4 Å². The normalized spacial score (nSPS) is 11.2. The van der Waals surface area contributed by atoms with E-state index in [1.165, 1.54) is 6.07 Å². The zero-order valence-corrected chi connectivity index (χ0v) is 16.9. The van der Waals surface area contributed by atoms with Crippen LogP contribution in [0.4, 0.5) is 5.82 Å². The lowest BCUT2D eigenvalue weighted by molar-refractivity contribution is 0.102. The molecular formula is C24H18N4O3. The van der Waals surface area contributed by atoms with Crippen molar-refractivity contribution in [2.45, 2.75) is 13.8 Å². The van der Waals surface area contributed by atoms with Crippen molar-refractivity contribution in [1.29, 1.82) is 0 Å². The zero-order valence-electron chi connectivity index (χ0n) is 16.9. The van der Waals surface area contributed by atoms with Gasteiger partial charge in [-0.1, -0.05) is 36.4 Å². The maximum Gasteiger partial charge on any atom is 0.349 e. The summed E-state index contributed by atoms with van der Waals surface area (Å²) in [5.74, 6) is 0.417. The standard InChI is InChI=1S/C24H18N4O3/c1-14-11-21(25-19-9-5-4-8-17(14)19)28-22(12-15(2)27-28)26-23(29)18-13-16-7-3-6-10-20(16)31-24(18)30/h3-13H,1-2H3,(H,26,29). The summed E-state index contributed by atoms with van der Waals surface area (Å²) in [5, 5.41) is 8.99. The van der Waals surface area contributed by atoms with Crippen LogP contribution in [0.25, 0.3) is 27.7 Å². The van der Waals surface area contributed by atoms with Crippen LogP contribution in [0.2, 0.25) is 0 Å². The summed E-state index contributed by atoms with van der Waals surface area (Å²) < 4.78 is 6.85.